The number of halogens is 1. The first kappa shape index (κ1) is 11.7. The minimum Gasteiger partial charge on any atom is -0.388 e. The second-order valence-corrected chi connectivity index (χ2v) is 4.62. The highest BCUT2D eigenvalue weighted by atomic mass is 127. The quantitative estimate of drug-likeness (QED) is 0.664. The van der Waals surface area contributed by atoms with E-state index < -0.39 is 6.10 Å². The molecule has 0 fully saturated rings. The van der Waals surface area contributed by atoms with Crippen molar-refractivity contribution >= 4 is 22.6 Å². The first-order valence-corrected chi connectivity index (χ1v) is 5.81. The largest absolute Gasteiger partial charge is 0.388 e. The molecule has 0 spiro atoms. The minimum atomic E-state index is -0.403. The Morgan fingerprint density at radius 3 is 2.50 bits per heavy atom. The van der Waals surface area contributed by atoms with Gasteiger partial charge in [-0.15, -0.1) is 0 Å². The number of benzene rings is 1. The summed E-state index contributed by atoms with van der Waals surface area (Å²) in [4.78, 5) is 0. The molecular weight excluding hydrogens is 287 g/mol. The molecule has 1 aromatic carbocycles. The summed E-state index contributed by atoms with van der Waals surface area (Å²) in [6.07, 6.45) is 1.19. The Balaban J connectivity index is 2.65. The van der Waals surface area contributed by atoms with E-state index in [1.165, 1.54) is 3.57 Å². The highest BCUT2D eigenvalue weighted by molar-refractivity contribution is 14.1. The zero-order valence-corrected chi connectivity index (χ0v) is 10.5. The maximum absolute atomic E-state index is 9.85. The molecule has 0 aromatic heterocycles. The van der Waals surface area contributed by atoms with Crippen LogP contribution in [0.4, 0.5) is 0 Å². The zero-order chi connectivity index (χ0) is 10.6. The van der Waals surface area contributed by atoms with Gasteiger partial charge in [0, 0.05) is 3.57 Å². The van der Waals surface area contributed by atoms with E-state index in [0.29, 0.717) is 6.42 Å². The molecule has 0 radical (unpaired) electrons. The van der Waals surface area contributed by atoms with Crippen LogP contribution in [0.5, 0.6) is 0 Å². The number of hydrogen-bond acceptors (Lipinski definition) is 1. The third kappa shape index (κ3) is 3.42. The Bertz CT molecular complexity index is 303. The van der Waals surface area contributed by atoms with E-state index in [2.05, 4.69) is 36.1 Å². The van der Waals surface area contributed by atoms with Crippen LogP contribution in [0.3, 0.4) is 0 Å². The van der Waals surface area contributed by atoms with Crippen LogP contribution in [0.25, 0.3) is 0 Å². The molecule has 0 heterocycles. The molecule has 0 saturated carbocycles. The second-order valence-electron chi connectivity index (χ2n) is 3.38. The molecule has 2 heteroatoms. The highest BCUT2D eigenvalue weighted by Gasteiger charge is 2.07. The lowest BCUT2D eigenvalue weighted by Gasteiger charge is -2.11. The van der Waals surface area contributed by atoms with Gasteiger partial charge in [-0.3, -0.25) is 0 Å². The van der Waals surface area contributed by atoms with Crippen molar-refractivity contribution in [2.45, 2.75) is 25.9 Å². The van der Waals surface area contributed by atoms with Crippen molar-refractivity contribution in [1.29, 1.82) is 0 Å². The molecule has 76 valence electrons. The Labute approximate surface area is 99.0 Å². The fraction of sp³-hybridized carbons (Fsp3) is 0.333. The highest BCUT2D eigenvalue weighted by Crippen LogP contribution is 2.22. The summed E-state index contributed by atoms with van der Waals surface area (Å²) in [5, 5.41) is 9.85. The first-order chi connectivity index (χ1) is 6.63. The summed E-state index contributed by atoms with van der Waals surface area (Å²) in [7, 11) is 0. The van der Waals surface area contributed by atoms with Crippen LogP contribution < -0.4 is 0 Å². The first-order valence-electron chi connectivity index (χ1n) is 4.73. The van der Waals surface area contributed by atoms with Crippen molar-refractivity contribution in [2.75, 3.05) is 0 Å². The molecule has 1 nitrogen and oxygen atoms in total. The van der Waals surface area contributed by atoms with Gasteiger partial charge in [0.25, 0.3) is 0 Å². The number of hydrogen-bond donors (Lipinski definition) is 1. The molecule has 1 atom stereocenters. The Morgan fingerprint density at radius 1 is 1.43 bits per heavy atom. The van der Waals surface area contributed by atoms with Gasteiger partial charge in [-0.1, -0.05) is 31.2 Å². The van der Waals surface area contributed by atoms with Crippen LogP contribution >= 0.6 is 22.6 Å². The summed E-state index contributed by atoms with van der Waals surface area (Å²) in [6.45, 7) is 5.95. The van der Waals surface area contributed by atoms with Crippen LogP contribution in [-0.2, 0) is 0 Å². The third-order valence-electron chi connectivity index (χ3n) is 2.24. The number of aliphatic hydroxyl groups is 1. The molecule has 0 aliphatic carbocycles. The molecular formula is C12H15IO. The molecule has 14 heavy (non-hydrogen) atoms. The third-order valence-corrected chi connectivity index (χ3v) is 2.96. The van der Waals surface area contributed by atoms with Gasteiger partial charge in [0.15, 0.2) is 0 Å². The predicted molar refractivity (Wildman–Crippen MR) is 68.2 cm³/mol. The second kappa shape index (κ2) is 5.51. The standard InChI is InChI=1S/C12H15IO/c1-3-9(2)8-12(14)10-4-6-11(13)7-5-10/h4-7,12,14H,2-3,8H2,1H3. The lowest BCUT2D eigenvalue weighted by Crippen LogP contribution is -1.98. The summed E-state index contributed by atoms with van der Waals surface area (Å²) in [5.41, 5.74) is 2.07. The lowest BCUT2D eigenvalue weighted by molar-refractivity contribution is 0.177. The Kier molecular flexibility index (Phi) is 4.62. The van der Waals surface area contributed by atoms with E-state index in [-0.39, 0.29) is 0 Å². The summed E-state index contributed by atoms with van der Waals surface area (Å²) >= 11 is 2.25. The molecule has 0 amide bonds. The summed E-state index contributed by atoms with van der Waals surface area (Å²) < 4.78 is 1.19. The monoisotopic (exact) mass is 302 g/mol. The van der Waals surface area contributed by atoms with Gasteiger partial charge in [-0.25, -0.2) is 0 Å². The lowest BCUT2D eigenvalue weighted by atomic mass is 10.0. The molecule has 0 aliphatic rings. The molecule has 1 rings (SSSR count). The maximum atomic E-state index is 9.85. The molecule has 0 saturated heterocycles. The van der Waals surface area contributed by atoms with Crippen LogP contribution in [0.1, 0.15) is 31.4 Å². The van der Waals surface area contributed by atoms with Crippen molar-refractivity contribution in [3.8, 4) is 0 Å². The smallest absolute Gasteiger partial charge is 0.0827 e. The van der Waals surface area contributed by atoms with Gasteiger partial charge in [0.05, 0.1) is 6.10 Å². The maximum Gasteiger partial charge on any atom is 0.0827 e. The Hall–Kier alpha value is -0.350. The van der Waals surface area contributed by atoms with Crippen molar-refractivity contribution < 1.29 is 5.11 Å². The fourth-order valence-corrected chi connectivity index (χ4v) is 1.58. The van der Waals surface area contributed by atoms with Crippen molar-refractivity contribution in [3.63, 3.8) is 0 Å². The van der Waals surface area contributed by atoms with Gasteiger partial charge >= 0.3 is 0 Å². The predicted octanol–water partition coefficient (Wildman–Crippen LogP) is 3.68. The molecule has 1 aromatic rings. The van der Waals surface area contributed by atoms with Crippen LogP contribution in [-0.4, -0.2) is 5.11 Å². The number of rotatable bonds is 4. The van der Waals surface area contributed by atoms with E-state index in [1.54, 1.807) is 0 Å². The summed E-state index contributed by atoms with van der Waals surface area (Å²) in [6, 6.07) is 7.95. The van der Waals surface area contributed by atoms with Gasteiger partial charge < -0.3 is 5.11 Å². The zero-order valence-electron chi connectivity index (χ0n) is 8.33. The van der Waals surface area contributed by atoms with E-state index in [4.69, 9.17) is 0 Å². The Morgan fingerprint density at radius 2 is 2.00 bits per heavy atom. The van der Waals surface area contributed by atoms with Crippen LogP contribution in [0, 0.1) is 3.57 Å². The molecule has 0 bridgehead atoms. The average molecular weight is 302 g/mol. The van der Waals surface area contributed by atoms with E-state index in [9.17, 15) is 5.11 Å². The van der Waals surface area contributed by atoms with Crippen LogP contribution in [0.2, 0.25) is 0 Å². The van der Waals surface area contributed by atoms with Gasteiger partial charge in [-0.05, 0) is 53.1 Å². The minimum absolute atomic E-state index is 0.403. The van der Waals surface area contributed by atoms with Crippen LogP contribution in [0.15, 0.2) is 36.4 Å². The van der Waals surface area contributed by atoms with Gasteiger partial charge in [-0.2, -0.15) is 0 Å². The normalized spacial score (nSPS) is 12.5. The average Bonchev–Trinajstić information content (AvgIpc) is 2.18. The van der Waals surface area contributed by atoms with Gasteiger partial charge in [0.2, 0.25) is 0 Å². The fourth-order valence-electron chi connectivity index (χ4n) is 1.22. The molecule has 1 N–H and O–H groups in total. The van der Waals surface area contributed by atoms with Gasteiger partial charge in [0.1, 0.15) is 0 Å². The summed E-state index contributed by atoms with van der Waals surface area (Å²) in [5.74, 6) is 0. The van der Waals surface area contributed by atoms with E-state index in [1.807, 2.05) is 24.3 Å². The molecule has 0 aliphatic heterocycles. The van der Waals surface area contributed by atoms with E-state index >= 15 is 0 Å². The van der Waals surface area contributed by atoms with Crippen molar-refractivity contribution in [3.05, 3.63) is 45.6 Å². The molecule has 1 unspecified atom stereocenters. The topological polar surface area (TPSA) is 20.2 Å². The van der Waals surface area contributed by atoms with Crippen molar-refractivity contribution in [1.82, 2.24) is 0 Å². The van der Waals surface area contributed by atoms with E-state index in [0.717, 1.165) is 17.6 Å². The van der Waals surface area contributed by atoms with Crippen molar-refractivity contribution in [2.24, 2.45) is 0 Å². The number of aliphatic hydroxyl groups excluding tert-OH is 1. The SMILES string of the molecule is C=C(CC)CC(O)c1ccc(I)cc1.